The van der Waals surface area contributed by atoms with E-state index < -0.39 is 28.5 Å². The Hall–Kier alpha value is -1.99. The number of rotatable bonds is 0. The van der Waals surface area contributed by atoms with Gasteiger partial charge in [0.25, 0.3) is 0 Å². The van der Waals surface area contributed by atoms with Crippen molar-refractivity contribution in [1.82, 2.24) is 4.98 Å². The maximum Gasteiger partial charge on any atom is 0.195 e. The van der Waals surface area contributed by atoms with Crippen LogP contribution in [-0.4, -0.2) is 50.2 Å². The number of hydrogen-bond donors (Lipinski definition) is 2. The molecule has 8 atom stereocenters. The number of aromatic amines is 1. The zero-order valence-corrected chi connectivity index (χ0v) is 27.1. The largest absolute Gasteiger partial charge is 0.385 e. The smallest absolute Gasteiger partial charge is 0.195 e. The number of fused-ring (bicyclic) bond motifs is 12. The molecule has 2 bridgehead atoms. The molecule has 0 amide bonds. The molecular weight excluding hydrogens is 538 g/mol. The monoisotopic (exact) mass is 585 g/mol. The third kappa shape index (κ3) is 2.99. The number of H-pyrrole nitrogens is 1. The fourth-order valence-corrected chi connectivity index (χ4v) is 12.0. The number of ketones is 1. The number of carbonyl (C=O) groups is 1. The van der Waals surface area contributed by atoms with Gasteiger partial charge in [-0.15, -0.1) is 0 Å². The van der Waals surface area contributed by atoms with E-state index in [0.717, 1.165) is 32.1 Å². The molecule has 4 heterocycles. The van der Waals surface area contributed by atoms with Gasteiger partial charge in [0.15, 0.2) is 17.7 Å². The van der Waals surface area contributed by atoms with Crippen LogP contribution < -0.4 is 0 Å². The first kappa shape index (κ1) is 27.3. The number of hydrogen-bond acceptors (Lipinski definition) is 5. The fourth-order valence-electron chi connectivity index (χ4n) is 12.0. The summed E-state index contributed by atoms with van der Waals surface area (Å²) in [6.07, 6.45) is 7.17. The second-order valence-corrected chi connectivity index (χ2v) is 17.4. The summed E-state index contributed by atoms with van der Waals surface area (Å²) in [4.78, 5) is 17.3. The highest BCUT2D eigenvalue weighted by molar-refractivity contribution is 5.97. The van der Waals surface area contributed by atoms with E-state index in [4.69, 9.17) is 14.2 Å². The van der Waals surface area contributed by atoms with Crippen LogP contribution in [0.25, 0.3) is 10.9 Å². The third-order valence-electron chi connectivity index (χ3n) is 14.1. The Bertz CT molecular complexity index is 1680. The SMILES string of the molecule is CC1(C)CC2c3cc4[nH]c5c(c4cc3CC2C(C)(C)O1)C[C@@H]1CC[C@@]2(O)C3=CC(=O)C4OC3(CC[C@]2(C)[C@@]51C)OC4(C)C. The lowest BCUT2D eigenvalue weighted by molar-refractivity contribution is -0.247. The minimum absolute atomic E-state index is 0.0805. The number of aromatic nitrogens is 1. The molecule has 4 aliphatic carbocycles. The van der Waals surface area contributed by atoms with E-state index in [1.54, 1.807) is 6.08 Å². The van der Waals surface area contributed by atoms with E-state index >= 15 is 0 Å². The van der Waals surface area contributed by atoms with Gasteiger partial charge in [0.05, 0.1) is 16.8 Å². The molecule has 1 aromatic carbocycles. The van der Waals surface area contributed by atoms with Crippen LogP contribution in [0.4, 0.5) is 0 Å². The van der Waals surface area contributed by atoms with Crippen molar-refractivity contribution in [2.24, 2.45) is 17.3 Å². The molecule has 2 N–H and O–H groups in total. The molecule has 2 aromatic rings. The van der Waals surface area contributed by atoms with Gasteiger partial charge >= 0.3 is 0 Å². The van der Waals surface area contributed by atoms with Crippen molar-refractivity contribution in [3.05, 3.63) is 46.2 Å². The molecule has 6 nitrogen and oxygen atoms in total. The van der Waals surface area contributed by atoms with Crippen LogP contribution in [0.5, 0.6) is 0 Å². The molecule has 43 heavy (non-hydrogen) atoms. The normalized spacial score (nSPS) is 46.0. The van der Waals surface area contributed by atoms with E-state index in [1.807, 2.05) is 13.8 Å². The average molecular weight is 586 g/mol. The van der Waals surface area contributed by atoms with Crippen molar-refractivity contribution >= 4 is 16.7 Å². The summed E-state index contributed by atoms with van der Waals surface area (Å²) < 4.78 is 19.6. The molecule has 1 spiro atoms. The third-order valence-corrected chi connectivity index (χ3v) is 14.1. The molecule has 6 heteroatoms. The van der Waals surface area contributed by atoms with Crippen LogP contribution in [0.1, 0.15) is 116 Å². The highest BCUT2D eigenvalue weighted by atomic mass is 16.8. The molecule has 7 aliphatic rings. The minimum atomic E-state index is -1.19. The first-order valence-corrected chi connectivity index (χ1v) is 16.7. The Morgan fingerprint density at radius 1 is 0.930 bits per heavy atom. The van der Waals surface area contributed by atoms with Crippen LogP contribution in [0.3, 0.4) is 0 Å². The standard InChI is InChI=1S/C37H47NO5/c1-31(2)18-24-21-16-26-22(13-19(21)14-25(24)32(3,4)42-31)23-15-20-9-10-36(40)28-17-27(39)30-33(5,6)43-37(28,41-30)12-11-34(36,7)35(20,8)29(23)38-26/h13,16-17,20,24-25,30,38,40H,9-12,14-15,18H2,1-8H3/t20-,24?,25?,30?,34+,35+,36+,37?/m0/s1. The highest BCUT2D eigenvalue weighted by Gasteiger charge is 2.75. The summed E-state index contributed by atoms with van der Waals surface area (Å²) in [6, 6.07) is 4.96. The van der Waals surface area contributed by atoms with Crippen LogP contribution >= 0.6 is 0 Å². The van der Waals surface area contributed by atoms with Crippen LogP contribution in [0.2, 0.25) is 0 Å². The molecule has 2 saturated heterocycles. The van der Waals surface area contributed by atoms with Gasteiger partial charge in [-0.25, -0.2) is 0 Å². The van der Waals surface area contributed by atoms with E-state index in [-0.39, 0.29) is 22.4 Å². The van der Waals surface area contributed by atoms with Gasteiger partial charge < -0.3 is 24.3 Å². The molecule has 3 aliphatic heterocycles. The van der Waals surface area contributed by atoms with Crippen molar-refractivity contribution in [2.45, 2.75) is 146 Å². The lowest BCUT2D eigenvalue weighted by Gasteiger charge is -2.65. The van der Waals surface area contributed by atoms with E-state index in [9.17, 15) is 9.90 Å². The second kappa shape index (κ2) is 7.52. The number of ether oxygens (including phenoxy) is 3. The van der Waals surface area contributed by atoms with Crippen LogP contribution in [0, 0.1) is 17.3 Å². The maximum absolute atomic E-state index is 13.3. The van der Waals surface area contributed by atoms with Gasteiger partial charge in [0, 0.05) is 39.4 Å². The maximum atomic E-state index is 13.3. The van der Waals surface area contributed by atoms with Gasteiger partial charge in [0.2, 0.25) is 0 Å². The molecule has 9 rings (SSSR count). The molecule has 4 fully saturated rings. The predicted octanol–water partition coefficient (Wildman–Crippen LogP) is 6.56. The van der Waals surface area contributed by atoms with Gasteiger partial charge in [-0.3, -0.25) is 4.79 Å². The Labute approximate surface area is 254 Å². The Morgan fingerprint density at radius 3 is 2.47 bits per heavy atom. The van der Waals surface area contributed by atoms with E-state index in [2.05, 4.69) is 58.7 Å². The van der Waals surface area contributed by atoms with Crippen molar-refractivity contribution < 1.29 is 24.1 Å². The Balaban J connectivity index is 1.16. The summed E-state index contributed by atoms with van der Waals surface area (Å²) in [5, 5.41) is 14.3. The molecular formula is C37H47NO5. The van der Waals surface area contributed by atoms with Crippen LogP contribution in [-0.2, 0) is 37.3 Å². The zero-order valence-electron chi connectivity index (χ0n) is 27.1. The summed E-state index contributed by atoms with van der Waals surface area (Å²) in [5.41, 5.74) is 4.64. The van der Waals surface area contributed by atoms with Gasteiger partial charge in [-0.2, -0.15) is 0 Å². The molecule has 2 saturated carbocycles. The number of nitrogens with one attached hydrogen (secondary N) is 1. The van der Waals surface area contributed by atoms with Crippen molar-refractivity contribution in [3.8, 4) is 0 Å². The number of aliphatic hydroxyl groups is 1. The lowest BCUT2D eigenvalue weighted by Crippen LogP contribution is -2.69. The average Bonchev–Trinajstić information content (AvgIpc) is 3.58. The van der Waals surface area contributed by atoms with E-state index in [1.165, 1.54) is 33.3 Å². The summed E-state index contributed by atoms with van der Waals surface area (Å²) in [6.45, 7) is 17.6. The minimum Gasteiger partial charge on any atom is -0.385 e. The van der Waals surface area contributed by atoms with E-state index in [0.29, 0.717) is 36.2 Å². The molecule has 230 valence electrons. The first-order chi connectivity index (χ1) is 19.9. The quantitative estimate of drug-likeness (QED) is 0.366. The molecule has 4 unspecified atom stereocenters. The van der Waals surface area contributed by atoms with Crippen LogP contribution in [0.15, 0.2) is 23.8 Å². The topological polar surface area (TPSA) is 80.8 Å². The first-order valence-electron chi connectivity index (χ1n) is 16.7. The van der Waals surface area contributed by atoms with Gasteiger partial charge in [0.1, 0.15) is 5.60 Å². The summed E-state index contributed by atoms with van der Waals surface area (Å²) >= 11 is 0. The van der Waals surface area contributed by atoms with Gasteiger partial charge in [-0.1, -0.05) is 13.8 Å². The van der Waals surface area contributed by atoms with Crippen molar-refractivity contribution in [2.75, 3.05) is 0 Å². The Morgan fingerprint density at radius 2 is 1.70 bits per heavy atom. The highest BCUT2D eigenvalue weighted by Crippen LogP contribution is 2.72. The molecule has 1 aromatic heterocycles. The number of carbonyl (C=O) groups excluding carboxylic acids is 1. The lowest BCUT2D eigenvalue weighted by atomic mass is 9.42. The molecule has 0 radical (unpaired) electrons. The van der Waals surface area contributed by atoms with Crippen molar-refractivity contribution in [3.63, 3.8) is 0 Å². The van der Waals surface area contributed by atoms with Gasteiger partial charge in [-0.05, 0) is 133 Å². The fraction of sp³-hybridized carbons (Fsp3) is 0.703. The van der Waals surface area contributed by atoms with Crippen molar-refractivity contribution in [1.29, 1.82) is 0 Å². The summed E-state index contributed by atoms with van der Waals surface area (Å²) in [7, 11) is 0. The number of benzene rings is 1. The second-order valence-electron chi connectivity index (χ2n) is 17.4. The Kier molecular flexibility index (Phi) is 4.78. The summed E-state index contributed by atoms with van der Waals surface area (Å²) in [5.74, 6) is 0.333. The predicted molar refractivity (Wildman–Crippen MR) is 164 cm³/mol. The zero-order chi connectivity index (χ0) is 30.3.